The van der Waals surface area contributed by atoms with Gasteiger partial charge in [0.15, 0.2) is 0 Å². The van der Waals surface area contributed by atoms with Crippen molar-refractivity contribution in [1.29, 1.82) is 0 Å². The van der Waals surface area contributed by atoms with Gasteiger partial charge in [0.2, 0.25) is 5.91 Å². The highest BCUT2D eigenvalue weighted by atomic mass is 35.5. The van der Waals surface area contributed by atoms with Crippen LogP contribution in [0.25, 0.3) is 10.9 Å². The Morgan fingerprint density at radius 2 is 1.97 bits per heavy atom. The van der Waals surface area contributed by atoms with E-state index in [0.29, 0.717) is 24.4 Å². The highest BCUT2D eigenvalue weighted by molar-refractivity contribution is 6.30. The van der Waals surface area contributed by atoms with Gasteiger partial charge < -0.3 is 10.2 Å². The fraction of sp³-hybridized carbons (Fsp3) is 0.273. The van der Waals surface area contributed by atoms with Crippen LogP contribution in [0, 0.1) is 0 Å². The SMILES string of the molecule is Cl.Cl.O=C(CCc1ccnc2ccccc12)N1CCNCC1c1cccc(Cl)c1. The van der Waals surface area contributed by atoms with E-state index in [1.807, 2.05) is 59.6 Å². The van der Waals surface area contributed by atoms with Gasteiger partial charge in [-0.1, -0.05) is 41.9 Å². The van der Waals surface area contributed by atoms with Crippen LogP contribution in [-0.2, 0) is 11.2 Å². The first-order valence-electron chi connectivity index (χ1n) is 9.30. The second-order valence-corrected chi connectivity index (χ2v) is 7.29. The molecule has 0 saturated carbocycles. The first kappa shape index (κ1) is 23.4. The summed E-state index contributed by atoms with van der Waals surface area (Å²) in [5, 5.41) is 5.22. The Morgan fingerprint density at radius 1 is 1.14 bits per heavy atom. The third-order valence-electron chi connectivity index (χ3n) is 5.14. The number of nitrogens with one attached hydrogen (secondary N) is 1. The number of aromatic nitrogens is 1. The number of aryl methyl sites for hydroxylation is 1. The van der Waals surface area contributed by atoms with Crippen molar-refractivity contribution < 1.29 is 4.79 Å². The number of carbonyl (C=O) groups is 1. The van der Waals surface area contributed by atoms with Crippen LogP contribution in [0.3, 0.4) is 0 Å². The number of para-hydroxylation sites is 1. The molecule has 3 aromatic rings. The van der Waals surface area contributed by atoms with Crippen molar-refractivity contribution in [2.24, 2.45) is 0 Å². The van der Waals surface area contributed by atoms with E-state index in [4.69, 9.17) is 11.6 Å². The lowest BCUT2D eigenvalue weighted by molar-refractivity contribution is -0.134. The Balaban J connectivity index is 0.00000150. The molecule has 0 radical (unpaired) electrons. The normalized spacial score (nSPS) is 16.0. The minimum Gasteiger partial charge on any atom is -0.333 e. The van der Waals surface area contributed by atoms with Crippen LogP contribution in [0.5, 0.6) is 0 Å². The monoisotopic (exact) mass is 451 g/mol. The Hall–Kier alpha value is -1.85. The van der Waals surface area contributed by atoms with E-state index >= 15 is 0 Å². The van der Waals surface area contributed by atoms with Gasteiger partial charge in [-0.15, -0.1) is 24.8 Å². The minimum absolute atomic E-state index is 0. The Morgan fingerprint density at radius 3 is 2.79 bits per heavy atom. The third kappa shape index (κ3) is 5.40. The molecule has 2 heterocycles. The summed E-state index contributed by atoms with van der Waals surface area (Å²) in [6.07, 6.45) is 3.03. The largest absolute Gasteiger partial charge is 0.333 e. The van der Waals surface area contributed by atoms with Crippen LogP contribution in [-0.4, -0.2) is 35.4 Å². The van der Waals surface area contributed by atoms with Gasteiger partial charge in [0, 0.05) is 42.7 Å². The molecule has 0 spiro atoms. The summed E-state index contributed by atoms with van der Waals surface area (Å²) in [6, 6.07) is 17.9. The number of benzene rings is 2. The number of hydrogen-bond donors (Lipinski definition) is 1. The van der Waals surface area contributed by atoms with E-state index in [0.717, 1.165) is 29.6 Å². The molecular formula is C22H24Cl3N3O. The number of piperazine rings is 1. The third-order valence-corrected chi connectivity index (χ3v) is 5.38. The quantitative estimate of drug-likeness (QED) is 0.616. The summed E-state index contributed by atoms with van der Waals surface area (Å²) in [5.41, 5.74) is 3.22. The zero-order valence-corrected chi connectivity index (χ0v) is 18.3. The van der Waals surface area contributed by atoms with Crippen LogP contribution in [0.1, 0.15) is 23.6 Å². The van der Waals surface area contributed by atoms with E-state index in [1.54, 1.807) is 0 Å². The van der Waals surface area contributed by atoms with Crippen molar-refractivity contribution >= 4 is 53.2 Å². The fourth-order valence-electron chi connectivity index (χ4n) is 3.77. The molecule has 1 fully saturated rings. The molecular weight excluding hydrogens is 429 g/mol. The fourth-order valence-corrected chi connectivity index (χ4v) is 3.97. The van der Waals surface area contributed by atoms with Crippen LogP contribution >= 0.6 is 36.4 Å². The summed E-state index contributed by atoms with van der Waals surface area (Å²) in [4.78, 5) is 19.4. The van der Waals surface area contributed by atoms with E-state index < -0.39 is 0 Å². The lowest BCUT2D eigenvalue weighted by atomic mass is 10.0. The molecule has 1 saturated heterocycles. The van der Waals surface area contributed by atoms with Gasteiger partial charge in [-0.25, -0.2) is 0 Å². The van der Waals surface area contributed by atoms with Crippen LogP contribution in [0.4, 0.5) is 0 Å². The van der Waals surface area contributed by atoms with Gasteiger partial charge in [0.1, 0.15) is 0 Å². The smallest absolute Gasteiger partial charge is 0.223 e. The first-order chi connectivity index (χ1) is 13.2. The summed E-state index contributed by atoms with van der Waals surface area (Å²) >= 11 is 6.16. The average Bonchev–Trinajstić information content (AvgIpc) is 2.72. The number of pyridine rings is 1. The molecule has 1 aliphatic heterocycles. The van der Waals surface area contributed by atoms with E-state index in [2.05, 4.69) is 16.4 Å². The van der Waals surface area contributed by atoms with Crippen molar-refractivity contribution in [3.05, 3.63) is 76.9 Å². The number of halogens is 3. The molecule has 1 unspecified atom stereocenters. The molecule has 2 aromatic carbocycles. The number of rotatable bonds is 4. The molecule has 0 bridgehead atoms. The van der Waals surface area contributed by atoms with E-state index in [9.17, 15) is 4.79 Å². The molecule has 1 aromatic heterocycles. The summed E-state index contributed by atoms with van der Waals surface area (Å²) < 4.78 is 0. The lowest BCUT2D eigenvalue weighted by Crippen LogP contribution is -2.48. The first-order valence-corrected chi connectivity index (χ1v) is 9.68. The zero-order chi connectivity index (χ0) is 18.6. The van der Waals surface area contributed by atoms with Gasteiger partial charge in [-0.2, -0.15) is 0 Å². The standard InChI is InChI=1S/C22H22ClN3O.2ClH/c23-18-5-3-4-17(14-18)21-15-24-12-13-26(21)22(27)9-8-16-10-11-25-20-7-2-1-6-19(16)20;;/h1-7,10-11,14,21,24H,8-9,12-13,15H2;2*1H. The van der Waals surface area contributed by atoms with Gasteiger partial charge in [-0.05, 0) is 41.8 Å². The maximum absolute atomic E-state index is 13.0. The van der Waals surface area contributed by atoms with Gasteiger partial charge in [0.25, 0.3) is 0 Å². The topological polar surface area (TPSA) is 45.2 Å². The predicted molar refractivity (Wildman–Crippen MR) is 123 cm³/mol. The highest BCUT2D eigenvalue weighted by Gasteiger charge is 2.27. The summed E-state index contributed by atoms with van der Waals surface area (Å²) in [5.74, 6) is 0.183. The Bertz CT molecular complexity index is 961. The molecule has 4 nitrogen and oxygen atoms in total. The van der Waals surface area contributed by atoms with Crippen molar-refractivity contribution in [3.63, 3.8) is 0 Å². The zero-order valence-electron chi connectivity index (χ0n) is 15.9. The van der Waals surface area contributed by atoms with Crippen molar-refractivity contribution in [1.82, 2.24) is 15.2 Å². The second kappa shape index (κ2) is 10.8. The number of carbonyl (C=O) groups excluding carboxylic acids is 1. The minimum atomic E-state index is 0. The van der Waals surface area contributed by atoms with Crippen LogP contribution < -0.4 is 5.32 Å². The summed E-state index contributed by atoms with van der Waals surface area (Å²) in [6.45, 7) is 2.29. The van der Waals surface area contributed by atoms with Crippen molar-refractivity contribution in [2.75, 3.05) is 19.6 Å². The van der Waals surface area contributed by atoms with Crippen molar-refractivity contribution in [2.45, 2.75) is 18.9 Å². The maximum atomic E-state index is 13.0. The van der Waals surface area contributed by atoms with Crippen LogP contribution in [0.2, 0.25) is 5.02 Å². The number of fused-ring (bicyclic) bond motifs is 1. The molecule has 1 atom stereocenters. The molecule has 1 N–H and O–H groups in total. The van der Waals surface area contributed by atoms with Gasteiger partial charge in [-0.3, -0.25) is 9.78 Å². The highest BCUT2D eigenvalue weighted by Crippen LogP contribution is 2.26. The Labute approximate surface area is 188 Å². The maximum Gasteiger partial charge on any atom is 0.223 e. The molecule has 154 valence electrons. The summed E-state index contributed by atoms with van der Waals surface area (Å²) in [7, 11) is 0. The molecule has 7 heteroatoms. The molecule has 4 rings (SSSR count). The molecule has 29 heavy (non-hydrogen) atoms. The number of amides is 1. The predicted octanol–water partition coefficient (Wildman–Crippen LogP) is 4.84. The Kier molecular flexibility index (Phi) is 8.72. The molecule has 0 aliphatic carbocycles. The average molecular weight is 453 g/mol. The van der Waals surface area contributed by atoms with E-state index in [1.165, 1.54) is 5.56 Å². The number of hydrogen-bond acceptors (Lipinski definition) is 3. The van der Waals surface area contributed by atoms with Gasteiger partial charge in [0.05, 0.1) is 11.6 Å². The number of nitrogens with zero attached hydrogens (tertiary/aromatic N) is 2. The van der Waals surface area contributed by atoms with E-state index in [-0.39, 0.29) is 36.8 Å². The van der Waals surface area contributed by atoms with Crippen molar-refractivity contribution in [3.8, 4) is 0 Å². The molecule has 1 amide bonds. The molecule has 1 aliphatic rings. The van der Waals surface area contributed by atoms with Gasteiger partial charge >= 0.3 is 0 Å². The second-order valence-electron chi connectivity index (χ2n) is 6.85. The lowest BCUT2D eigenvalue weighted by Gasteiger charge is -2.36. The van der Waals surface area contributed by atoms with Crippen LogP contribution in [0.15, 0.2) is 60.8 Å².